The molecule has 0 aliphatic carbocycles. The summed E-state index contributed by atoms with van der Waals surface area (Å²) >= 11 is 0. The van der Waals surface area contributed by atoms with Gasteiger partial charge in [-0.15, -0.1) is 0 Å². The van der Waals surface area contributed by atoms with Gasteiger partial charge in [0.2, 0.25) is 0 Å². The lowest BCUT2D eigenvalue weighted by Crippen LogP contribution is -2.34. The van der Waals surface area contributed by atoms with E-state index < -0.39 is 0 Å². The van der Waals surface area contributed by atoms with Crippen molar-refractivity contribution in [2.24, 2.45) is 16.5 Å². The molecule has 0 atom stereocenters. The van der Waals surface area contributed by atoms with E-state index in [0.717, 1.165) is 5.57 Å². The Balaban J connectivity index is 3.03. The van der Waals surface area contributed by atoms with Gasteiger partial charge in [-0.05, 0) is 6.92 Å². The highest BCUT2D eigenvalue weighted by Crippen LogP contribution is 2.10. The summed E-state index contributed by atoms with van der Waals surface area (Å²) in [5, 5.41) is 2.75. The minimum atomic E-state index is 0.299. The first-order valence-corrected chi connectivity index (χ1v) is 2.88. The van der Waals surface area contributed by atoms with Crippen LogP contribution in [-0.4, -0.2) is 5.96 Å². The predicted molar refractivity (Wildman–Crippen MR) is 40.8 cm³/mol. The van der Waals surface area contributed by atoms with E-state index in [4.69, 9.17) is 11.5 Å². The molecule has 0 saturated heterocycles. The molecule has 1 heterocycles. The van der Waals surface area contributed by atoms with Crippen LogP contribution in [0.2, 0.25) is 0 Å². The highest BCUT2D eigenvalue weighted by Gasteiger charge is 2.08. The number of nitrogens with two attached hydrogens (primary N) is 2. The van der Waals surface area contributed by atoms with Gasteiger partial charge in [-0.2, -0.15) is 4.99 Å². The molecule has 5 N–H and O–H groups in total. The summed E-state index contributed by atoms with van der Waals surface area (Å²) in [5.74, 6) is 0.731. The second-order valence-corrected chi connectivity index (χ2v) is 2.11. The van der Waals surface area contributed by atoms with E-state index in [9.17, 15) is 0 Å². The number of hydrogen-bond donors (Lipinski definition) is 3. The number of nitrogens with one attached hydrogen (secondary N) is 1. The van der Waals surface area contributed by atoms with E-state index >= 15 is 0 Å². The second kappa shape index (κ2) is 2.06. The van der Waals surface area contributed by atoms with Crippen molar-refractivity contribution in [2.45, 2.75) is 6.92 Å². The Morgan fingerprint density at radius 1 is 1.50 bits per heavy atom. The van der Waals surface area contributed by atoms with Crippen LogP contribution in [0, 0.1) is 0 Å². The lowest BCUT2D eigenvalue weighted by atomic mass is 10.2. The molecule has 1 aliphatic heterocycles. The highest BCUT2D eigenvalue weighted by molar-refractivity contribution is 5.83. The Bertz CT molecular complexity index is 236. The topological polar surface area (TPSA) is 76.4 Å². The van der Waals surface area contributed by atoms with Gasteiger partial charge in [0.15, 0.2) is 5.96 Å². The van der Waals surface area contributed by atoms with E-state index in [1.54, 1.807) is 0 Å². The van der Waals surface area contributed by atoms with Crippen molar-refractivity contribution in [3.63, 3.8) is 0 Å². The number of guanidine groups is 1. The van der Waals surface area contributed by atoms with Gasteiger partial charge in [0.25, 0.3) is 0 Å². The number of aliphatic imine (C=N–C) groups is 1. The van der Waals surface area contributed by atoms with Crippen molar-refractivity contribution >= 4 is 5.96 Å². The van der Waals surface area contributed by atoms with Gasteiger partial charge in [-0.1, -0.05) is 6.58 Å². The average Bonchev–Trinajstić information content (AvgIpc) is 1.82. The Morgan fingerprint density at radius 3 is 2.60 bits per heavy atom. The van der Waals surface area contributed by atoms with Crippen molar-refractivity contribution in [1.29, 1.82) is 0 Å². The summed E-state index contributed by atoms with van der Waals surface area (Å²) in [6.07, 6.45) is 0. The van der Waals surface area contributed by atoms with E-state index in [1.807, 2.05) is 6.92 Å². The normalized spacial score (nSPS) is 18.5. The zero-order valence-corrected chi connectivity index (χ0v) is 5.81. The molecule has 0 bridgehead atoms. The first-order chi connectivity index (χ1) is 4.61. The van der Waals surface area contributed by atoms with Gasteiger partial charge < -0.3 is 16.8 Å². The van der Waals surface area contributed by atoms with Gasteiger partial charge >= 0.3 is 0 Å². The number of nitrogens with zero attached hydrogens (tertiary/aromatic N) is 1. The molecular weight excluding hydrogens is 128 g/mol. The molecule has 1 aliphatic rings. The Kier molecular flexibility index (Phi) is 1.37. The number of rotatable bonds is 0. The summed E-state index contributed by atoms with van der Waals surface area (Å²) in [5.41, 5.74) is 12.4. The molecule has 4 nitrogen and oxygen atoms in total. The van der Waals surface area contributed by atoms with E-state index in [2.05, 4.69) is 16.9 Å². The lowest BCUT2D eigenvalue weighted by Gasteiger charge is -2.15. The minimum Gasteiger partial charge on any atom is -0.383 e. The smallest absolute Gasteiger partial charge is 0.199 e. The van der Waals surface area contributed by atoms with Gasteiger partial charge in [0, 0.05) is 11.3 Å². The van der Waals surface area contributed by atoms with Crippen LogP contribution in [0.4, 0.5) is 0 Å². The van der Waals surface area contributed by atoms with Crippen molar-refractivity contribution in [3.8, 4) is 0 Å². The van der Waals surface area contributed by atoms with Crippen molar-refractivity contribution in [2.75, 3.05) is 0 Å². The Hall–Kier alpha value is -1.45. The summed E-state index contributed by atoms with van der Waals surface area (Å²) < 4.78 is 0. The maximum Gasteiger partial charge on any atom is 0.199 e. The van der Waals surface area contributed by atoms with Crippen LogP contribution in [0.15, 0.2) is 28.7 Å². The van der Waals surface area contributed by atoms with Crippen LogP contribution < -0.4 is 16.8 Å². The molecule has 1 rings (SSSR count). The Labute approximate surface area is 59.3 Å². The molecule has 0 radical (unpaired) electrons. The third-order valence-corrected chi connectivity index (χ3v) is 1.36. The highest BCUT2D eigenvalue weighted by atomic mass is 15.1. The zero-order chi connectivity index (χ0) is 7.72. The van der Waals surface area contributed by atoms with Gasteiger partial charge in [0.05, 0.1) is 0 Å². The number of allylic oxidation sites excluding steroid dienone is 1. The fourth-order valence-corrected chi connectivity index (χ4v) is 0.645. The molecule has 0 aromatic carbocycles. The maximum atomic E-state index is 5.47. The van der Waals surface area contributed by atoms with Gasteiger partial charge in [-0.3, -0.25) is 0 Å². The van der Waals surface area contributed by atoms with Crippen LogP contribution in [0.25, 0.3) is 0 Å². The molecule has 0 aromatic heterocycles. The first-order valence-electron chi connectivity index (χ1n) is 2.88. The first kappa shape index (κ1) is 6.67. The Morgan fingerprint density at radius 2 is 2.10 bits per heavy atom. The monoisotopic (exact) mass is 138 g/mol. The van der Waals surface area contributed by atoms with E-state index in [-0.39, 0.29) is 0 Å². The standard InChI is InChI=1S/C6H10N4/c1-3-4(2)9-6(8)10-5(3)7/h2,7H2,1H3,(H3,8,9,10). The van der Waals surface area contributed by atoms with E-state index in [0.29, 0.717) is 17.5 Å². The largest absolute Gasteiger partial charge is 0.383 e. The molecule has 0 amide bonds. The third-order valence-electron chi connectivity index (χ3n) is 1.36. The quantitative estimate of drug-likeness (QED) is 0.426. The molecule has 54 valence electrons. The molecular formula is C6H10N4. The molecule has 0 unspecified atom stereocenters. The van der Waals surface area contributed by atoms with Crippen LogP contribution >= 0.6 is 0 Å². The third kappa shape index (κ3) is 0.953. The zero-order valence-electron chi connectivity index (χ0n) is 5.81. The van der Waals surface area contributed by atoms with Crippen molar-refractivity contribution in [1.82, 2.24) is 5.32 Å². The molecule has 0 aromatic rings. The molecule has 0 saturated carbocycles. The van der Waals surface area contributed by atoms with Crippen LogP contribution in [0.3, 0.4) is 0 Å². The number of hydrogen-bond acceptors (Lipinski definition) is 4. The summed E-state index contributed by atoms with van der Waals surface area (Å²) in [7, 11) is 0. The van der Waals surface area contributed by atoms with Crippen LogP contribution in [0.1, 0.15) is 6.92 Å². The molecule has 0 fully saturated rings. The predicted octanol–water partition coefficient (Wildman–Crippen LogP) is -0.392. The van der Waals surface area contributed by atoms with Crippen LogP contribution in [-0.2, 0) is 0 Å². The molecule has 0 spiro atoms. The summed E-state index contributed by atoms with van der Waals surface area (Å²) in [6, 6.07) is 0. The summed E-state index contributed by atoms with van der Waals surface area (Å²) in [4.78, 5) is 3.79. The molecule has 10 heavy (non-hydrogen) atoms. The maximum absolute atomic E-state index is 5.47. The fraction of sp³-hybridized carbons (Fsp3) is 0.167. The second-order valence-electron chi connectivity index (χ2n) is 2.11. The van der Waals surface area contributed by atoms with Crippen molar-refractivity contribution in [3.05, 3.63) is 23.7 Å². The van der Waals surface area contributed by atoms with Gasteiger partial charge in [0.1, 0.15) is 5.82 Å². The minimum absolute atomic E-state index is 0.299. The van der Waals surface area contributed by atoms with Crippen molar-refractivity contribution < 1.29 is 0 Å². The summed E-state index contributed by atoms with van der Waals surface area (Å²) in [6.45, 7) is 5.52. The molecule has 4 heteroatoms. The van der Waals surface area contributed by atoms with E-state index in [1.165, 1.54) is 0 Å². The average molecular weight is 138 g/mol. The fourth-order valence-electron chi connectivity index (χ4n) is 0.645. The lowest BCUT2D eigenvalue weighted by molar-refractivity contribution is 1.00. The SMILES string of the molecule is C=C1NC(N)=NC(N)=C1C. The van der Waals surface area contributed by atoms with Crippen LogP contribution in [0.5, 0.6) is 0 Å². The van der Waals surface area contributed by atoms with Gasteiger partial charge in [-0.25, -0.2) is 0 Å².